The average molecular weight is 521 g/mol. The monoisotopic (exact) mass is 520 g/mol. The summed E-state index contributed by atoms with van der Waals surface area (Å²) in [6.07, 6.45) is 1.45. The lowest BCUT2D eigenvalue weighted by Crippen LogP contribution is -2.54. The number of rotatable bonds is 6. The third-order valence-corrected chi connectivity index (χ3v) is 6.86. The number of fused-ring (bicyclic) bond motifs is 1. The van der Waals surface area contributed by atoms with Crippen molar-refractivity contribution in [1.29, 1.82) is 0 Å². The molecule has 0 spiro atoms. The van der Waals surface area contributed by atoms with Crippen molar-refractivity contribution >= 4 is 40.4 Å². The second kappa shape index (κ2) is 10.5. The second-order valence-electron chi connectivity index (χ2n) is 9.52. The smallest absolute Gasteiger partial charge is 0.335 e. The van der Waals surface area contributed by atoms with Crippen molar-refractivity contribution < 1.29 is 23.9 Å². The fourth-order valence-corrected chi connectivity index (χ4v) is 4.76. The Kier molecular flexibility index (Phi) is 6.90. The first kappa shape index (κ1) is 25.7. The topological polar surface area (TPSA) is 84.9 Å². The fraction of sp³-hybridized carbons (Fsp3) is 0.156. The van der Waals surface area contributed by atoms with E-state index in [1.807, 2.05) is 45.0 Å². The van der Waals surface area contributed by atoms with Gasteiger partial charge in [0.05, 0.1) is 12.8 Å². The van der Waals surface area contributed by atoms with E-state index >= 15 is 0 Å². The molecule has 1 saturated heterocycles. The van der Waals surface area contributed by atoms with Gasteiger partial charge in [0, 0.05) is 17.2 Å². The predicted molar refractivity (Wildman–Crippen MR) is 151 cm³/mol. The number of carbonyl (C=O) groups excluding carboxylic acids is 3. The molecular weight excluding hydrogens is 492 g/mol. The molecule has 7 nitrogen and oxygen atoms in total. The van der Waals surface area contributed by atoms with E-state index in [-0.39, 0.29) is 12.2 Å². The number of amides is 4. The maximum Gasteiger partial charge on any atom is 0.335 e. The minimum atomic E-state index is -0.785. The minimum Gasteiger partial charge on any atom is -0.497 e. The number of ether oxygens (including phenoxy) is 2. The van der Waals surface area contributed by atoms with Crippen molar-refractivity contribution in [3.63, 3.8) is 0 Å². The number of hydrogen-bond acceptors (Lipinski definition) is 5. The first-order valence-electron chi connectivity index (χ1n) is 12.5. The van der Waals surface area contributed by atoms with E-state index in [1.165, 1.54) is 6.08 Å². The van der Waals surface area contributed by atoms with E-state index in [2.05, 4.69) is 29.6 Å². The van der Waals surface area contributed by atoms with E-state index in [1.54, 1.807) is 31.4 Å². The van der Waals surface area contributed by atoms with Crippen LogP contribution in [0.5, 0.6) is 11.5 Å². The summed E-state index contributed by atoms with van der Waals surface area (Å²) in [6, 6.07) is 22.0. The molecule has 1 aliphatic heterocycles. The largest absolute Gasteiger partial charge is 0.497 e. The number of methoxy groups -OCH3 is 1. The number of nitrogens with zero attached hydrogens (tertiary/aromatic N) is 1. The van der Waals surface area contributed by atoms with E-state index in [0.717, 1.165) is 37.9 Å². The molecule has 0 saturated carbocycles. The summed E-state index contributed by atoms with van der Waals surface area (Å²) in [7, 11) is 1.55. The molecule has 196 valence electrons. The standard InChI is InChI=1S/C32H28N2O5/c1-19-9-14-28(21(3)15-19)34-31(36)26(30(35)33-32(34)37)16-23-12-13-24(38-4)17-29(23)39-18-27-20(2)10-11-22-7-5-6-8-25(22)27/h5-17H,18H2,1-4H3,(H,33,35,37)/b26-16+. The van der Waals surface area contributed by atoms with E-state index in [0.29, 0.717) is 22.7 Å². The van der Waals surface area contributed by atoms with Gasteiger partial charge in [0.25, 0.3) is 11.8 Å². The maximum atomic E-state index is 13.5. The van der Waals surface area contributed by atoms with Crippen LogP contribution in [0.15, 0.2) is 78.4 Å². The first-order valence-corrected chi connectivity index (χ1v) is 12.5. The molecule has 1 N–H and O–H groups in total. The summed E-state index contributed by atoms with van der Waals surface area (Å²) < 4.78 is 11.7. The summed E-state index contributed by atoms with van der Waals surface area (Å²) in [4.78, 5) is 40.0. The van der Waals surface area contributed by atoms with Gasteiger partial charge in [-0.25, -0.2) is 9.69 Å². The van der Waals surface area contributed by atoms with Crippen molar-refractivity contribution in [2.24, 2.45) is 0 Å². The number of carbonyl (C=O) groups is 3. The summed E-state index contributed by atoms with van der Waals surface area (Å²) in [6.45, 7) is 6.04. The van der Waals surface area contributed by atoms with Crippen molar-refractivity contribution in [2.75, 3.05) is 12.0 Å². The van der Waals surface area contributed by atoms with E-state index in [9.17, 15) is 14.4 Å². The number of aryl methyl sites for hydroxylation is 3. The number of nitrogens with one attached hydrogen (secondary N) is 1. The van der Waals surface area contributed by atoms with Gasteiger partial charge in [-0.3, -0.25) is 14.9 Å². The number of urea groups is 1. The lowest BCUT2D eigenvalue weighted by Gasteiger charge is -2.27. The van der Waals surface area contributed by atoms with Crippen LogP contribution < -0.4 is 19.7 Å². The Labute approximate surface area is 226 Å². The molecule has 0 atom stereocenters. The Morgan fingerprint density at radius 3 is 2.44 bits per heavy atom. The normalized spacial score (nSPS) is 14.6. The second-order valence-corrected chi connectivity index (χ2v) is 9.52. The van der Waals surface area contributed by atoms with Crippen LogP contribution >= 0.6 is 0 Å². The maximum absolute atomic E-state index is 13.5. The van der Waals surface area contributed by atoms with Gasteiger partial charge in [-0.05, 0) is 66.9 Å². The molecule has 4 aromatic carbocycles. The quantitative estimate of drug-likeness (QED) is 0.248. The van der Waals surface area contributed by atoms with Crippen LogP contribution in [0.4, 0.5) is 10.5 Å². The zero-order valence-corrected chi connectivity index (χ0v) is 22.2. The van der Waals surface area contributed by atoms with Crippen LogP contribution in [0.2, 0.25) is 0 Å². The Hall–Kier alpha value is -4.91. The molecule has 1 aliphatic rings. The van der Waals surface area contributed by atoms with Gasteiger partial charge in [-0.15, -0.1) is 0 Å². The van der Waals surface area contributed by atoms with Crippen LogP contribution in [-0.4, -0.2) is 25.0 Å². The van der Waals surface area contributed by atoms with Crippen molar-refractivity contribution in [2.45, 2.75) is 27.4 Å². The Morgan fingerprint density at radius 1 is 0.872 bits per heavy atom. The van der Waals surface area contributed by atoms with Crippen LogP contribution in [0.1, 0.15) is 27.8 Å². The summed E-state index contributed by atoms with van der Waals surface area (Å²) >= 11 is 0. The molecule has 1 heterocycles. The van der Waals surface area contributed by atoms with Crippen LogP contribution in [-0.2, 0) is 16.2 Å². The minimum absolute atomic E-state index is 0.175. The number of anilines is 1. The van der Waals surface area contributed by atoms with Crippen LogP contribution in [0.3, 0.4) is 0 Å². The lowest BCUT2D eigenvalue weighted by atomic mass is 10.0. The van der Waals surface area contributed by atoms with Crippen molar-refractivity contribution in [3.05, 3.63) is 106 Å². The van der Waals surface area contributed by atoms with E-state index < -0.39 is 17.8 Å². The van der Waals surface area contributed by atoms with Crippen molar-refractivity contribution in [1.82, 2.24) is 5.32 Å². The zero-order valence-electron chi connectivity index (χ0n) is 22.2. The highest BCUT2D eigenvalue weighted by Gasteiger charge is 2.37. The van der Waals surface area contributed by atoms with Gasteiger partial charge >= 0.3 is 6.03 Å². The molecule has 0 aliphatic carbocycles. The summed E-state index contributed by atoms with van der Waals surface area (Å²) in [5.74, 6) is -0.474. The SMILES string of the molecule is COc1ccc(/C=C2\C(=O)NC(=O)N(c3ccc(C)cc3C)C2=O)c(OCc2c(C)ccc3ccccc23)c1. The third kappa shape index (κ3) is 4.99. The molecule has 39 heavy (non-hydrogen) atoms. The molecule has 4 aromatic rings. The van der Waals surface area contributed by atoms with E-state index in [4.69, 9.17) is 9.47 Å². The summed E-state index contributed by atoms with van der Waals surface area (Å²) in [5, 5.41) is 4.49. The third-order valence-electron chi connectivity index (χ3n) is 6.86. The number of benzene rings is 4. The molecule has 0 aromatic heterocycles. The van der Waals surface area contributed by atoms with Gasteiger partial charge in [0.15, 0.2) is 0 Å². The predicted octanol–water partition coefficient (Wildman–Crippen LogP) is 6.02. The molecule has 7 heteroatoms. The highest BCUT2D eigenvalue weighted by atomic mass is 16.5. The molecule has 5 rings (SSSR count). The van der Waals surface area contributed by atoms with Gasteiger partial charge in [-0.1, -0.05) is 54.1 Å². The molecule has 0 unspecified atom stereocenters. The molecule has 1 fully saturated rings. The zero-order chi connectivity index (χ0) is 27.7. The Bertz CT molecular complexity index is 1670. The average Bonchev–Trinajstić information content (AvgIpc) is 2.92. The first-order chi connectivity index (χ1) is 18.8. The number of imide groups is 2. The summed E-state index contributed by atoms with van der Waals surface area (Å²) in [5.41, 5.74) is 4.60. The van der Waals surface area contributed by atoms with Gasteiger partial charge in [-0.2, -0.15) is 0 Å². The Morgan fingerprint density at radius 2 is 1.67 bits per heavy atom. The van der Waals surface area contributed by atoms with Crippen LogP contribution in [0, 0.1) is 20.8 Å². The number of barbiturate groups is 1. The molecule has 0 bridgehead atoms. The van der Waals surface area contributed by atoms with Crippen LogP contribution in [0.25, 0.3) is 16.8 Å². The highest BCUT2D eigenvalue weighted by molar-refractivity contribution is 6.39. The lowest BCUT2D eigenvalue weighted by molar-refractivity contribution is -0.122. The van der Waals surface area contributed by atoms with Gasteiger partial charge in [0.2, 0.25) is 0 Å². The highest BCUT2D eigenvalue weighted by Crippen LogP contribution is 2.31. The number of hydrogen-bond donors (Lipinski definition) is 1. The molecular formula is C32H28N2O5. The molecule has 4 amide bonds. The van der Waals surface area contributed by atoms with Gasteiger partial charge in [0.1, 0.15) is 23.7 Å². The fourth-order valence-electron chi connectivity index (χ4n) is 4.76. The van der Waals surface area contributed by atoms with Gasteiger partial charge < -0.3 is 9.47 Å². The van der Waals surface area contributed by atoms with Crippen molar-refractivity contribution in [3.8, 4) is 11.5 Å². The molecule has 0 radical (unpaired) electrons. The Balaban J connectivity index is 1.52.